The van der Waals surface area contributed by atoms with Crippen molar-refractivity contribution in [3.63, 3.8) is 0 Å². The Morgan fingerprint density at radius 2 is 1.92 bits per heavy atom. The summed E-state index contributed by atoms with van der Waals surface area (Å²) in [6.07, 6.45) is 0. The van der Waals surface area contributed by atoms with Crippen molar-refractivity contribution in [2.24, 2.45) is 0 Å². The van der Waals surface area contributed by atoms with E-state index in [9.17, 15) is 9.90 Å². The van der Waals surface area contributed by atoms with Crippen molar-refractivity contribution >= 4 is 11.7 Å². The molecule has 0 saturated carbocycles. The van der Waals surface area contributed by atoms with Crippen LogP contribution in [0.25, 0.3) is 0 Å². The molecule has 6 nitrogen and oxygen atoms in total. The molecule has 0 atom stereocenters. The molecule has 0 spiro atoms. The summed E-state index contributed by atoms with van der Waals surface area (Å²) >= 11 is 0. The van der Waals surface area contributed by atoms with Crippen LogP contribution in [0.2, 0.25) is 0 Å². The second-order valence-corrected chi connectivity index (χ2v) is 5.77. The van der Waals surface area contributed by atoms with E-state index in [1.54, 1.807) is 15.9 Å². The lowest BCUT2D eigenvalue weighted by atomic mass is 10.1. The molecule has 0 bridgehead atoms. The van der Waals surface area contributed by atoms with E-state index in [4.69, 9.17) is 10.00 Å². The van der Waals surface area contributed by atoms with Crippen LogP contribution in [-0.2, 0) is 11.3 Å². The van der Waals surface area contributed by atoms with Crippen molar-refractivity contribution in [2.75, 3.05) is 31.2 Å². The molecule has 2 aromatic carbocycles. The van der Waals surface area contributed by atoms with Gasteiger partial charge in [0.25, 0.3) is 0 Å². The quantitative estimate of drug-likeness (QED) is 0.934. The van der Waals surface area contributed by atoms with Crippen molar-refractivity contribution in [3.05, 3.63) is 59.7 Å². The number of morpholine rings is 1. The van der Waals surface area contributed by atoms with Gasteiger partial charge < -0.3 is 14.7 Å². The average Bonchev–Trinajstić information content (AvgIpc) is 2.67. The third kappa shape index (κ3) is 3.90. The topological polar surface area (TPSA) is 76.8 Å². The van der Waals surface area contributed by atoms with Crippen molar-refractivity contribution in [2.45, 2.75) is 6.54 Å². The van der Waals surface area contributed by atoms with Gasteiger partial charge in [0.05, 0.1) is 25.3 Å². The largest absolute Gasteiger partial charge is 0.507 e. The minimum Gasteiger partial charge on any atom is -0.507 e. The van der Waals surface area contributed by atoms with Gasteiger partial charge in [-0.1, -0.05) is 30.3 Å². The van der Waals surface area contributed by atoms with Crippen molar-refractivity contribution < 1.29 is 14.6 Å². The van der Waals surface area contributed by atoms with Gasteiger partial charge in [0.2, 0.25) is 0 Å². The van der Waals surface area contributed by atoms with E-state index in [1.807, 2.05) is 36.4 Å². The average molecular weight is 337 g/mol. The first-order chi connectivity index (χ1) is 12.2. The number of amides is 2. The van der Waals surface area contributed by atoms with E-state index in [0.29, 0.717) is 38.5 Å². The molecule has 1 saturated heterocycles. The van der Waals surface area contributed by atoms with Crippen molar-refractivity contribution in [3.8, 4) is 11.8 Å². The van der Waals surface area contributed by atoms with Gasteiger partial charge >= 0.3 is 6.03 Å². The lowest BCUT2D eigenvalue weighted by Gasteiger charge is -2.33. The van der Waals surface area contributed by atoms with Crippen LogP contribution in [0.5, 0.6) is 5.75 Å². The number of phenolic OH excluding ortho intramolecular Hbond substituents is 1. The van der Waals surface area contributed by atoms with Gasteiger partial charge in [-0.25, -0.2) is 4.79 Å². The molecule has 0 radical (unpaired) electrons. The fourth-order valence-corrected chi connectivity index (χ4v) is 2.74. The van der Waals surface area contributed by atoms with E-state index in [1.165, 1.54) is 12.1 Å². The molecule has 1 aliphatic rings. The van der Waals surface area contributed by atoms with E-state index < -0.39 is 0 Å². The first-order valence-electron chi connectivity index (χ1n) is 8.10. The van der Waals surface area contributed by atoms with Gasteiger partial charge in [-0.3, -0.25) is 4.90 Å². The number of benzene rings is 2. The van der Waals surface area contributed by atoms with Crippen LogP contribution in [0.3, 0.4) is 0 Å². The lowest BCUT2D eigenvalue weighted by Crippen LogP contribution is -2.48. The number of carbonyl (C=O) groups is 1. The zero-order valence-corrected chi connectivity index (χ0v) is 13.8. The van der Waals surface area contributed by atoms with Crippen LogP contribution in [0.1, 0.15) is 11.1 Å². The van der Waals surface area contributed by atoms with Gasteiger partial charge in [0.1, 0.15) is 11.8 Å². The third-order valence-corrected chi connectivity index (χ3v) is 4.11. The minimum atomic E-state index is -0.137. The zero-order chi connectivity index (χ0) is 17.6. The second-order valence-electron chi connectivity index (χ2n) is 5.77. The molecular formula is C19H19N3O3. The Hall–Kier alpha value is -3.04. The number of rotatable bonds is 3. The number of anilines is 1. The smallest absolute Gasteiger partial charge is 0.324 e. The molecule has 1 N–H and O–H groups in total. The Labute approximate surface area is 146 Å². The fraction of sp³-hybridized carbons (Fsp3) is 0.263. The summed E-state index contributed by atoms with van der Waals surface area (Å²) in [5, 5.41) is 18.9. The Balaban J connectivity index is 1.93. The van der Waals surface area contributed by atoms with Crippen molar-refractivity contribution in [1.82, 2.24) is 4.90 Å². The molecule has 3 rings (SSSR count). The Bertz CT molecular complexity index is 780. The van der Waals surface area contributed by atoms with Crippen LogP contribution in [0.15, 0.2) is 48.5 Å². The minimum absolute atomic E-state index is 0.0928. The maximum atomic E-state index is 13.0. The standard InChI is InChI=1S/C19H19N3O3/c20-13-16-12-17(6-7-18(16)23)22(14-15-4-2-1-3-5-15)19(24)21-8-10-25-11-9-21/h1-7,12,23H,8-11,14H2. The van der Waals surface area contributed by atoms with E-state index in [2.05, 4.69) is 0 Å². The predicted molar refractivity (Wildman–Crippen MR) is 93.2 cm³/mol. The first kappa shape index (κ1) is 16.8. The summed E-state index contributed by atoms with van der Waals surface area (Å²) in [5.41, 5.74) is 1.70. The van der Waals surface area contributed by atoms with Gasteiger partial charge in [0.15, 0.2) is 0 Å². The summed E-state index contributed by atoms with van der Waals surface area (Å²) < 4.78 is 5.32. The molecule has 25 heavy (non-hydrogen) atoms. The molecule has 0 aliphatic carbocycles. The fourth-order valence-electron chi connectivity index (χ4n) is 2.74. The first-order valence-corrected chi connectivity index (χ1v) is 8.10. The van der Waals surface area contributed by atoms with Crippen LogP contribution in [-0.4, -0.2) is 42.3 Å². The van der Waals surface area contributed by atoms with Crippen molar-refractivity contribution in [1.29, 1.82) is 5.26 Å². The molecular weight excluding hydrogens is 318 g/mol. The summed E-state index contributed by atoms with van der Waals surface area (Å²) in [6.45, 7) is 2.49. The van der Waals surface area contributed by atoms with Gasteiger partial charge in [-0.05, 0) is 23.8 Å². The Morgan fingerprint density at radius 3 is 2.60 bits per heavy atom. The number of aromatic hydroxyl groups is 1. The second kappa shape index (κ2) is 7.69. The molecule has 2 amide bonds. The highest BCUT2D eigenvalue weighted by atomic mass is 16.5. The maximum absolute atomic E-state index is 13.0. The molecule has 0 aromatic heterocycles. The number of nitrogens with zero attached hydrogens (tertiary/aromatic N) is 3. The van der Waals surface area contributed by atoms with E-state index >= 15 is 0 Å². The van der Waals surface area contributed by atoms with Gasteiger partial charge in [-0.2, -0.15) is 5.26 Å². The van der Waals surface area contributed by atoms with E-state index in [0.717, 1.165) is 5.56 Å². The van der Waals surface area contributed by atoms with Crippen LogP contribution < -0.4 is 4.90 Å². The highest BCUT2D eigenvalue weighted by molar-refractivity contribution is 5.92. The number of hydrogen-bond donors (Lipinski definition) is 1. The number of urea groups is 1. The summed E-state index contributed by atoms with van der Waals surface area (Å²) in [5.74, 6) is -0.0928. The van der Waals surface area contributed by atoms with Crippen LogP contribution >= 0.6 is 0 Å². The molecule has 128 valence electrons. The highest BCUT2D eigenvalue weighted by Crippen LogP contribution is 2.26. The molecule has 6 heteroatoms. The Morgan fingerprint density at radius 1 is 1.20 bits per heavy atom. The number of nitriles is 1. The van der Waals surface area contributed by atoms with E-state index in [-0.39, 0.29) is 17.3 Å². The number of ether oxygens (including phenoxy) is 1. The normalized spacial score (nSPS) is 14.0. The maximum Gasteiger partial charge on any atom is 0.324 e. The predicted octanol–water partition coefficient (Wildman–Crippen LogP) is 2.72. The SMILES string of the molecule is N#Cc1cc(N(Cc2ccccc2)C(=O)N2CCOCC2)ccc1O. The molecule has 1 fully saturated rings. The van der Waals surface area contributed by atoms with Gasteiger partial charge in [-0.15, -0.1) is 0 Å². The molecule has 1 aliphatic heterocycles. The van der Waals surface area contributed by atoms with Crippen LogP contribution in [0, 0.1) is 11.3 Å². The zero-order valence-electron chi connectivity index (χ0n) is 13.8. The molecule has 2 aromatic rings. The third-order valence-electron chi connectivity index (χ3n) is 4.11. The number of phenols is 1. The lowest BCUT2D eigenvalue weighted by molar-refractivity contribution is 0.0548. The summed E-state index contributed by atoms with van der Waals surface area (Å²) in [6, 6.07) is 16.1. The molecule has 1 heterocycles. The van der Waals surface area contributed by atoms with Gasteiger partial charge in [0, 0.05) is 18.8 Å². The Kier molecular flexibility index (Phi) is 5.17. The highest BCUT2D eigenvalue weighted by Gasteiger charge is 2.25. The monoisotopic (exact) mass is 337 g/mol. The van der Waals surface area contributed by atoms with Crippen LogP contribution in [0.4, 0.5) is 10.5 Å². The number of carbonyl (C=O) groups excluding carboxylic acids is 1. The number of hydrogen-bond acceptors (Lipinski definition) is 4. The summed E-state index contributed by atoms with van der Waals surface area (Å²) in [7, 11) is 0. The molecule has 0 unspecified atom stereocenters. The summed E-state index contributed by atoms with van der Waals surface area (Å²) in [4.78, 5) is 16.4.